The summed E-state index contributed by atoms with van der Waals surface area (Å²) in [7, 11) is 0. The van der Waals surface area contributed by atoms with Gasteiger partial charge in [0.15, 0.2) is 5.76 Å². The van der Waals surface area contributed by atoms with Crippen molar-refractivity contribution in [3.8, 4) is 22.6 Å². The average molecular weight is 442 g/mol. The molecule has 0 saturated heterocycles. The van der Waals surface area contributed by atoms with Gasteiger partial charge in [0.25, 0.3) is 5.91 Å². The van der Waals surface area contributed by atoms with Gasteiger partial charge >= 0.3 is 0 Å². The standard InChI is InChI=1S/C23H17Cl2NO4/c1-13-10-15(3-5-17(13)20-7-4-16(12-27)29-20)26-23(28)22-9-8-21(30-22)18-11-14(24)2-6-19(18)25/h2-11,27H,12H2,1H3,(H,26,28). The van der Waals surface area contributed by atoms with E-state index in [1.165, 1.54) is 0 Å². The first kappa shape index (κ1) is 20.3. The van der Waals surface area contributed by atoms with Gasteiger partial charge in [0.05, 0.1) is 5.02 Å². The molecule has 2 aromatic carbocycles. The highest BCUT2D eigenvalue weighted by Crippen LogP contribution is 2.32. The molecule has 0 atom stereocenters. The highest BCUT2D eigenvalue weighted by molar-refractivity contribution is 6.35. The van der Waals surface area contributed by atoms with E-state index in [0.29, 0.717) is 38.6 Å². The van der Waals surface area contributed by atoms with Crippen molar-refractivity contribution in [2.24, 2.45) is 0 Å². The van der Waals surface area contributed by atoms with E-state index in [0.717, 1.165) is 11.1 Å². The maximum absolute atomic E-state index is 12.6. The van der Waals surface area contributed by atoms with Crippen molar-refractivity contribution in [3.05, 3.63) is 87.8 Å². The number of hydrogen-bond donors (Lipinski definition) is 2. The van der Waals surface area contributed by atoms with Crippen LogP contribution in [0, 0.1) is 6.92 Å². The molecule has 1 amide bonds. The van der Waals surface area contributed by atoms with E-state index in [-0.39, 0.29) is 18.3 Å². The number of amides is 1. The second kappa shape index (κ2) is 8.40. The average Bonchev–Trinajstić information content (AvgIpc) is 3.39. The first-order valence-corrected chi connectivity index (χ1v) is 9.87. The molecule has 152 valence electrons. The van der Waals surface area contributed by atoms with E-state index in [9.17, 15) is 4.79 Å². The van der Waals surface area contributed by atoms with Crippen LogP contribution in [0.2, 0.25) is 10.0 Å². The fourth-order valence-electron chi connectivity index (χ4n) is 3.11. The number of benzene rings is 2. The highest BCUT2D eigenvalue weighted by atomic mass is 35.5. The summed E-state index contributed by atoms with van der Waals surface area (Å²) in [5.74, 6) is 1.38. The maximum atomic E-state index is 12.6. The van der Waals surface area contributed by atoms with Gasteiger partial charge in [-0.05, 0) is 73.2 Å². The lowest BCUT2D eigenvalue weighted by molar-refractivity contribution is 0.0997. The molecule has 0 spiro atoms. The topological polar surface area (TPSA) is 75.6 Å². The van der Waals surface area contributed by atoms with E-state index >= 15 is 0 Å². The van der Waals surface area contributed by atoms with Crippen LogP contribution >= 0.6 is 23.2 Å². The molecule has 4 rings (SSSR count). The van der Waals surface area contributed by atoms with Crippen LogP contribution in [-0.2, 0) is 6.61 Å². The van der Waals surface area contributed by atoms with E-state index in [1.807, 2.05) is 19.1 Å². The number of aliphatic hydroxyl groups excluding tert-OH is 1. The second-order valence-corrected chi connectivity index (χ2v) is 7.54. The van der Waals surface area contributed by atoms with Gasteiger partial charge in [-0.15, -0.1) is 0 Å². The number of aliphatic hydroxyl groups is 1. The lowest BCUT2D eigenvalue weighted by Crippen LogP contribution is -2.10. The summed E-state index contributed by atoms with van der Waals surface area (Å²) >= 11 is 12.2. The monoisotopic (exact) mass is 441 g/mol. The second-order valence-electron chi connectivity index (χ2n) is 6.70. The zero-order chi connectivity index (χ0) is 21.3. The molecule has 7 heteroatoms. The zero-order valence-corrected chi connectivity index (χ0v) is 17.4. The summed E-state index contributed by atoms with van der Waals surface area (Å²) in [4.78, 5) is 12.6. The molecule has 0 unspecified atom stereocenters. The van der Waals surface area contributed by atoms with Gasteiger partial charge in [-0.1, -0.05) is 23.2 Å². The molecular formula is C23H17Cl2NO4. The first-order valence-electron chi connectivity index (χ1n) is 9.12. The summed E-state index contributed by atoms with van der Waals surface area (Å²) in [5, 5.41) is 13.0. The smallest absolute Gasteiger partial charge is 0.291 e. The van der Waals surface area contributed by atoms with Crippen LogP contribution in [0.1, 0.15) is 21.9 Å². The van der Waals surface area contributed by atoms with Gasteiger partial charge in [-0.3, -0.25) is 4.79 Å². The van der Waals surface area contributed by atoms with Crippen LogP contribution in [0.25, 0.3) is 22.6 Å². The molecule has 2 aromatic heterocycles. The molecule has 0 radical (unpaired) electrons. The van der Waals surface area contributed by atoms with Crippen LogP contribution in [0.5, 0.6) is 0 Å². The van der Waals surface area contributed by atoms with Gasteiger partial charge < -0.3 is 19.3 Å². The van der Waals surface area contributed by atoms with Crippen LogP contribution in [-0.4, -0.2) is 11.0 Å². The van der Waals surface area contributed by atoms with Gasteiger partial charge in [0, 0.05) is 21.8 Å². The quantitative estimate of drug-likeness (QED) is 0.367. The van der Waals surface area contributed by atoms with Gasteiger partial charge in [0.1, 0.15) is 23.9 Å². The molecule has 0 aliphatic rings. The van der Waals surface area contributed by atoms with Gasteiger partial charge in [0.2, 0.25) is 0 Å². The van der Waals surface area contributed by atoms with Crippen LogP contribution in [0.4, 0.5) is 5.69 Å². The third-order valence-corrected chi connectivity index (χ3v) is 5.16. The van der Waals surface area contributed by atoms with E-state index in [2.05, 4.69) is 5.32 Å². The first-order chi connectivity index (χ1) is 14.4. The lowest BCUT2D eigenvalue weighted by Gasteiger charge is -2.08. The van der Waals surface area contributed by atoms with Crippen LogP contribution in [0.15, 0.2) is 69.5 Å². The predicted molar refractivity (Wildman–Crippen MR) is 117 cm³/mol. The molecule has 2 N–H and O–H groups in total. The van der Waals surface area contributed by atoms with Crippen LogP contribution < -0.4 is 5.32 Å². The minimum Gasteiger partial charge on any atom is -0.459 e. The van der Waals surface area contributed by atoms with Crippen molar-refractivity contribution in [3.63, 3.8) is 0 Å². The maximum Gasteiger partial charge on any atom is 0.291 e. The predicted octanol–water partition coefficient (Wildman–Crippen LogP) is 6.57. The zero-order valence-electron chi connectivity index (χ0n) is 15.9. The molecule has 0 bridgehead atoms. The van der Waals surface area contributed by atoms with E-state index in [4.69, 9.17) is 37.1 Å². The normalized spacial score (nSPS) is 10.9. The number of hydrogen-bond acceptors (Lipinski definition) is 4. The van der Waals surface area contributed by atoms with Crippen molar-refractivity contribution >= 4 is 34.8 Å². The Balaban J connectivity index is 1.52. The number of furan rings is 2. The number of nitrogens with one attached hydrogen (secondary N) is 1. The summed E-state index contributed by atoms with van der Waals surface area (Å²) in [6.45, 7) is 1.76. The molecular weight excluding hydrogens is 425 g/mol. The number of anilines is 1. The number of carbonyl (C=O) groups is 1. The Labute approximate surface area is 182 Å². The third-order valence-electron chi connectivity index (χ3n) is 4.59. The lowest BCUT2D eigenvalue weighted by atomic mass is 10.1. The van der Waals surface area contributed by atoms with E-state index in [1.54, 1.807) is 48.5 Å². The van der Waals surface area contributed by atoms with Crippen molar-refractivity contribution < 1.29 is 18.7 Å². The summed E-state index contributed by atoms with van der Waals surface area (Å²) in [6.07, 6.45) is 0. The fourth-order valence-corrected chi connectivity index (χ4v) is 3.49. The molecule has 2 heterocycles. The van der Waals surface area contributed by atoms with Gasteiger partial charge in [-0.2, -0.15) is 0 Å². The Morgan fingerprint density at radius 3 is 2.43 bits per heavy atom. The Hall–Kier alpha value is -2.99. The molecule has 0 aliphatic carbocycles. The van der Waals surface area contributed by atoms with Gasteiger partial charge in [-0.25, -0.2) is 0 Å². The Morgan fingerprint density at radius 2 is 1.70 bits per heavy atom. The Morgan fingerprint density at radius 1 is 0.933 bits per heavy atom. The SMILES string of the molecule is Cc1cc(NC(=O)c2ccc(-c3cc(Cl)ccc3Cl)o2)ccc1-c1ccc(CO)o1. The third kappa shape index (κ3) is 4.14. The van der Waals surface area contributed by atoms with Crippen molar-refractivity contribution in [1.29, 1.82) is 0 Å². The summed E-state index contributed by atoms with van der Waals surface area (Å²) in [6, 6.07) is 17.3. The van der Waals surface area contributed by atoms with E-state index < -0.39 is 0 Å². The molecule has 0 fully saturated rings. The summed E-state index contributed by atoms with van der Waals surface area (Å²) < 4.78 is 11.3. The summed E-state index contributed by atoms with van der Waals surface area (Å²) in [5.41, 5.74) is 3.03. The van der Waals surface area contributed by atoms with Crippen LogP contribution in [0.3, 0.4) is 0 Å². The minimum absolute atomic E-state index is 0.154. The molecule has 0 aliphatic heterocycles. The molecule has 0 saturated carbocycles. The largest absolute Gasteiger partial charge is 0.459 e. The number of aryl methyl sites for hydroxylation is 1. The Bertz CT molecular complexity index is 1230. The highest BCUT2D eigenvalue weighted by Gasteiger charge is 2.15. The van der Waals surface area contributed by atoms with Crippen molar-refractivity contribution in [2.75, 3.05) is 5.32 Å². The van der Waals surface area contributed by atoms with Crippen molar-refractivity contribution in [2.45, 2.75) is 13.5 Å². The molecule has 30 heavy (non-hydrogen) atoms. The fraction of sp³-hybridized carbons (Fsp3) is 0.0870. The number of carbonyl (C=O) groups excluding carboxylic acids is 1. The number of halogens is 2. The molecule has 4 aromatic rings. The number of rotatable bonds is 5. The Kier molecular flexibility index (Phi) is 5.68. The molecule has 5 nitrogen and oxygen atoms in total. The minimum atomic E-state index is -0.382. The van der Waals surface area contributed by atoms with Crippen molar-refractivity contribution in [1.82, 2.24) is 0 Å².